The van der Waals surface area contributed by atoms with Crippen molar-refractivity contribution >= 4 is 164 Å². The highest BCUT2D eigenvalue weighted by molar-refractivity contribution is 7.27. The van der Waals surface area contributed by atoms with Gasteiger partial charge in [0, 0.05) is 101 Å². The number of fused-ring (bicyclic) bond motifs is 9. The van der Waals surface area contributed by atoms with Gasteiger partial charge in [0.1, 0.15) is 0 Å². The minimum atomic E-state index is 0.266. The predicted octanol–water partition coefficient (Wildman–Crippen LogP) is 41.6. The second-order valence-electron chi connectivity index (χ2n) is 47.4. The number of nitrogens with zero attached hydrogens (tertiary/aromatic N) is 3. The summed E-state index contributed by atoms with van der Waals surface area (Å²) in [5.74, 6) is 4.98. The molecule has 16 aromatic carbocycles. The van der Waals surface area contributed by atoms with Crippen molar-refractivity contribution < 1.29 is 0 Å². The molecule has 3 nitrogen and oxygen atoms in total. The van der Waals surface area contributed by atoms with E-state index in [-0.39, 0.29) is 16.2 Å². The molecule has 31 rings (SSSR count). The average Bonchev–Trinajstić information content (AvgIpc) is 0.882. The van der Waals surface area contributed by atoms with Crippen LogP contribution in [0.5, 0.6) is 0 Å². The van der Waals surface area contributed by atoms with E-state index in [1.54, 1.807) is 33.4 Å². The summed E-state index contributed by atoms with van der Waals surface area (Å²) in [7, 11) is 0. The van der Waals surface area contributed by atoms with Gasteiger partial charge in [-0.25, -0.2) is 0 Å². The van der Waals surface area contributed by atoms with Crippen molar-refractivity contribution in [3.63, 3.8) is 0 Å². The number of unbranched alkanes of at least 4 members (excludes halogenated alkanes) is 3. The highest BCUT2D eigenvalue weighted by Gasteiger charge is 2.62. The van der Waals surface area contributed by atoms with Crippen LogP contribution in [0.2, 0.25) is 0 Å². The summed E-state index contributed by atoms with van der Waals surface area (Å²) < 4.78 is 8.09. The summed E-state index contributed by atoms with van der Waals surface area (Å²) in [5.41, 5.74) is 32.5. The van der Waals surface area contributed by atoms with E-state index < -0.39 is 0 Å². The maximum absolute atomic E-state index is 4.00. The standard InChI is InChI=1S/C52H49NS.2C46H45NS/c1-3-5-8-37-13-22-44(23-14-37)53(45-24-15-40(16-25-45)41-17-28-50-48(30-41)47-9-6-7-10-49(47)54-50)46-26-20-43(21-27-46)52-33-38-29-39(34-52)32-51(31-38,35-52)42-18-11-36(4-2)12-19-42;1-3-5-9-33-16-22-38(23-17-33)47(42-12-8-11-41-40-10-6-7-13-43(40)48-44(41)42)39-24-20-37(21-25-39)46-29-34-26-35(30-46)28-45(27-34,31-46)36-18-14-32(4-2)15-19-36;1-3-5-8-33-13-19-38(20-14-33)47(40-23-24-44-42(26-40)41-9-6-7-10-43(41)48-44)39-21-17-37(18-22-39)46-29-34-25-35(30-46)28-45(27-34,31-46)36-15-11-32(4-2)12-16-36/h4,6-7,9-28,30,38-39H,2-3,5,8,29,31-35H2,1H3;4,6-8,10-25,34-35H,2-3,5,9,26-31H2,1H3;4,6-7,9-24,26,34-35H,2-3,5,8,25,27-31H2,1H3. The van der Waals surface area contributed by atoms with Crippen LogP contribution in [0.25, 0.3) is 89.9 Å². The number of rotatable bonds is 28. The summed E-state index contributed by atoms with van der Waals surface area (Å²) in [6.07, 6.45) is 41.0. The molecule has 0 spiro atoms. The molecule has 12 fully saturated rings. The SMILES string of the molecule is C=Cc1ccc(C23CC4CC(C2)CC(c2ccc(N(c5ccc(CCCC)cc5)c5ccc(-c6ccc7sc8ccccc8c7c6)cc5)cc2)(C4)C3)cc1.C=Cc1ccc(C23CC4CC(C2)CC(c2ccc(N(c5ccc(CCCC)cc5)c5ccc6sc7ccccc7c6c5)cc2)(C4)C3)cc1.C=Cc1ccc(C23CC4CC(C2)CC(c2ccc(N(c5ccc(CCCC)cc5)c5cccc6c5sc5ccccc56)cc2)(C4)C3)cc1. The lowest BCUT2D eigenvalue weighted by molar-refractivity contribution is -0.0282. The number of thiophene rings is 3. The highest BCUT2D eigenvalue weighted by Crippen LogP contribution is 2.70. The molecule has 0 radical (unpaired) electrons. The molecule has 12 bridgehead atoms. The van der Waals surface area contributed by atoms with Crippen LogP contribution < -0.4 is 14.7 Å². The Morgan fingerprint density at radius 1 is 0.240 bits per heavy atom. The molecule has 3 aromatic heterocycles. The van der Waals surface area contributed by atoms with Crippen molar-refractivity contribution in [1.82, 2.24) is 0 Å². The summed E-state index contributed by atoms with van der Waals surface area (Å²) in [6.45, 7) is 18.8. The first-order valence-electron chi connectivity index (χ1n) is 56.6. The second kappa shape index (κ2) is 39.9. The third-order valence-electron chi connectivity index (χ3n) is 37.8. The van der Waals surface area contributed by atoms with Gasteiger partial charge in [0.15, 0.2) is 0 Å². The first-order chi connectivity index (χ1) is 73.6. The molecule has 3 heterocycles. The average molecular weight is 2010 g/mol. The molecule has 19 aromatic rings. The molecule has 150 heavy (non-hydrogen) atoms. The lowest BCUT2D eigenvalue weighted by atomic mass is 9.41. The second-order valence-corrected chi connectivity index (χ2v) is 50.6. The van der Waals surface area contributed by atoms with E-state index in [2.05, 4.69) is 425 Å². The van der Waals surface area contributed by atoms with Crippen molar-refractivity contribution in [3.05, 3.63) is 457 Å². The molecule has 12 aliphatic carbocycles. The fourth-order valence-electron chi connectivity index (χ4n) is 32.0. The Morgan fingerprint density at radius 3 is 0.840 bits per heavy atom. The van der Waals surface area contributed by atoms with Gasteiger partial charge in [-0.1, -0.05) is 309 Å². The van der Waals surface area contributed by atoms with Gasteiger partial charge in [-0.05, 0) is 440 Å². The zero-order valence-electron chi connectivity index (χ0n) is 87.7. The molecule has 0 N–H and O–H groups in total. The van der Waals surface area contributed by atoms with Crippen LogP contribution in [0, 0.1) is 35.5 Å². The van der Waals surface area contributed by atoms with Gasteiger partial charge in [0.05, 0.1) is 10.4 Å². The number of aryl methyl sites for hydroxylation is 3. The Morgan fingerprint density at radius 2 is 0.500 bits per heavy atom. The first-order valence-corrected chi connectivity index (χ1v) is 59.1. The summed E-state index contributed by atoms with van der Waals surface area (Å²) in [4.78, 5) is 7.43. The van der Waals surface area contributed by atoms with Gasteiger partial charge >= 0.3 is 0 Å². The van der Waals surface area contributed by atoms with Gasteiger partial charge < -0.3 is 14.7 Å². The zero-order valence-corrected chi connectivity index (χ0v) is 90.1. The lowest BCUT2D eigenvalue weighted by Gasteiger charge is -2.63. The maximum atomic E-state index is 4.00. The number of anilines is 9. The van der Waals surface area contributed by atoms with Crippen molar-refractivity contribution in [1.29, 1.82) is 0 Å². The van der Waals surface area contributed by atoms with Gasteiger partial charge in [-0.2, -0.15) is 0 Å². The Kier molecular flexibility index (Phi) is 25.6. The molecule has 12 aliphatic rings. The van der Waals surface area contributed by atoms with Crippen LogP contribution in [0.3, 0.4) is 0 Å². The quantitative estimate of drug-likeness (QED) is 0.0484. The molecule has 6 atom stereocenters. The smallest absolute Gasteiger partial charge is 0.0640 e. The van der Waals surface area contributed by atoms with Gasteiger partial charge in [-0.15, -0.1) is 34.0 Å². The van der Waals surface area contributed by atoms with E-state index in [4.69, 9.17) is 0 Å². The molecular weight excluding hydrogens is 1870 g/mol. The molecule has 12 saturated carbocycles. The minimum Gasteiger partial charge on any atom is -0.311 e. The largest absolute Gasteiger partial charge is 0.311 e. The fourth-order valence-corrected chi connectivity index (χ4v) is 35.4. The summed E-state index contributed by atoms with van der Waals surface area (Å²) >= 11 is 5.68. The molecule has 0 aliphatic heterocycles. The molecule has 0 saturated heterocycles. The minimum absolute atomic E-state index is 0.266. The van der Waals surface area contributed by atoms with E-state index in [1.807, 2.05) is 52.2 Å². The molecule has 6 heteroatoms. The Labute approximate surface area is 901 Å². The van der Waals surface area contributed by atoms with Crippen molar-refractivity contribution in [2.24, 2.45) is 35.5 Å². The van der Waals surface area contributed by atoms with E-state index in [0.717, 1.165) is 54.8 Å². The fraction of sp³-hybridized carbons (Fsp3) is 0.292. The van der Waals surface area contributed by atoms with Crippen LogP contribution in [0.1, 0.15) is 242 Å². The highest BCUT2D eigenvalue weighted by atomic mass is 32.1. The van der Waals surface area contributed by atoms with Crippen molar-refractivity contribution in [2.75, 3.05) is 14.7 Å². The van der Waals surface area contributed by atoms with E-state index in [9.17, 15) is 0 Å². The Bertz CT molecular complexity index is 8130. The first kappa shape index (κ1) is 96.4. The van der Waals surface area contributed by atoms with Crippen LogP contribution in [0.4, 0.5) is 51.2 Å². The number of benzene rings is 16. The van der Waals surface area contributed by atoms with Crippen molar-refractivity contribution in [2.45, 2.75) is 227 Å². The third-order valence-corrected chi connectivity index (χ3v) is 41.3. The third kappa shape index (κ3) is 17.8. The zero-order chi connectivity index (χ0) is 101. The van der Waals surface area contributed by atoms with Gasteiger partial charge in [0.25, 0.3) is 0 Å². The topological polar surface area (TPSA) is 9.72 Å². The van der Waals surface area contributed by atoms with Crippen molar-refractivity contribution in [3.8, 4) is 11.1 Å². The van der Waals surface area contributed by atoms with Gasteiger partial charge in [-0.3, -0.25) is 0 Å². The monoisotopic (exact) mass is 2010 g/mol. The molecule has 6 unspecified atom stereocenters. The maximum Gasteiger partial charge on any atom is 0.0640 e. The van der Waals surface area contributed by atoms with Crippen LogP contribution in [-0.4, -0.2) is 0 Å². The normalized spacial score (nSPS) is 23.8. The van der Waals surface area contributed by atoms with Crippen LogP contribution >= 0.6 is 34.0 Å². The summed E-state index contributed by atoms with van der Waals surface area (Å²) in [5, 5.41) is 8.07. The van der Waals surface area contributed by atoms with E-state index >= 15 is 0 Å². The molecule has 748 valence electrons. The Balaban J connectivity index is 0.000000114. The van der Waals surface area contributed by atoms with E-state index in [0.29, 0.717) is 16.2 Å². The van der Waals surface area contributed by atoms with Gasteiger partial charge in [0.2, 0.25) is 0 Å². The van der Waals surface area contributed by atoms with E-state index in [1.165, 1.54) is 310 Å². The Hall–Kier alpha value is -13.2. The summed E-state index contributed by atoms with van der Waals surface area (Å²) in [6, 6.07) is 142. The number of hydrogen-bond acceptors (Lipinski definition) is 6. The lowest BCUT2D eigenvalue weighted by Crippen LogP contribution is -2.55. The van der Waals surface area contributed by atoms with Crippen LogP contribution in [0.15, 0.2) is 390 Å². The molecule has 0 amide bonds. The predicted molar refractivity (Wildman–Crippen MR) is 647 cm³/mol. The number of hydrogen-bond donors (Lipinski definition) is 0. The van der Waals surface area contributed by atoms with Crippen LogP contribution in [-0.2, 0) is 51.8 Å². The molecular formula is C144H139N3S3.